The molecule has 0 bridgehead atoms. The van der Waals surface area contributed by atoms with Crippen LogP contribution < -0.4 is 11.1 Å². The van der Waals surface area contributed by atoms with E-state index in [4.69, 9.17) is 10.2 Å². The van der Waals surface area contributed by atoms with E-state index in [0.717, 1.165) is 18.8 Å². The molecule has 1 fully saturated rings. The molecule has 19 heavy (non-hydrogen) atoms. The van der Waals surface area contributed by atoms with E-state index in [1.165, 1.54) is 25.7 Å². The summed E-state index contributed by atoms with van der Waals surface area (Å²) in [6.07, 6.45) is 7.76. The molecule has 0 saturated heterocycles. The number of nitrogens with one attached hydrogen (secondary N) is 1. The zero-order valence-electron chi connectivity index (χ0n) is 11.4. The van der Waals surface area contributed by atoms with Gasteiger partial charge in [0.05, 0.1) is 6.26 Å². The van der Waals surface area contributed by atoms with Crippen molar-refractivity contribution in [2.24, 2.45) is 17.6 Å². The number of carbonyl (C=O) groups is 1. The van der Waals surface area contributed by atoms with Crippen LogP contribution in [0.15, 0.2) is 22.8 Å². The Bertz CT molecular complexity index is 376. The molecule has 2 unspecified atom stereocenters. The molecule has 2 rings (SSSR count). The minimum Gasteiger partial charge on any atom is -0.469 e. The van der Waals surface area contributed by atoms with Gasteiger partial charge in [-0.25, -0.2) is 0 Å². The minimum atomic E-state index is 0.109. The molecule has 106 valence electrons. The van der Waals surface area contributed by atoms with Gasteiger partial charge in [0.1, 0.15) is 5.76 Å². The Morgan fingerprint density at radius 3 is 2.84 bits per heavy atom. The highest BCUT2D eigenvalue weighted by atomic mass is 16.3. The van der Waals surface area contributed by atoms with E-state index in [9.17, 15) is 4.79 Å². The van der Waals surface area contributed by atoms with E-state index in [2.05, 4.69) is 5.32 Å². The first-order valence-corrected chi connectivity index (χ1v) is 7.28. The number of furan rings is 1. The van der Waals surface area contributed by atoms with E-state index in [1.807, 2.05) is 12.1 Å². The Hall–Kier alpha value is -1.29. The van der Waals surface area contributed by atoms with Crippen LogP contribution in [0, 0.1) is 11.8 Å². The highest BCUT2D eigenvalue weighted by Gasteiger charge is 2.24. The topological polar surface area (TPSA) is 68.3 Å². The minimum absolute atomic E-state index is 0.109. The molecule has 1 heterocycles. The standard InChI is InChI=1S/C15H24N2O2/c16-10-12-4-1-2-5-13(12)11-17-15(18)8-7-14-6-3-9-19-14/h3,6,9,12-13H,1-2,4-5,7-8,10-11,16H2,(H,17,18). The SMILES string of the molecule is NCC1CCCCC1CNC(=O)CCc1ccco1. The van der Waals surface area contributed by atoms with Crippen LogP contribution >= 0.6 is 0 Å². The van der Waals surface area contributed by atoms with E-state index in [-0.39, 0.29) is 5.91 Å². The molecule has 0 radical (unpaired) electrons. The molecule has 1 aromatic rings. The quantitative estimate of drug-likeness (QED) is 0.826. The maximum absolute atomic E-state index is 11.8. The molecule has 4 heteroatoms. The van der Waals surface area contributed by atoms with Crippen molar-refractivity contribution in [3.05, 3.63) is 24.2 Å². The van der Waals surface area contributed by atoms with Gasteiger partial charge >= 0.3 is 0 Å². The third-order valence-electron chi connectivity index (χ3n) is 4.11. The summed E-state index contributed by atoms with van der Waals surface area (Å²) in [5.41, 5.74) is 5.80. The number of nitrogens with two attached hydrogens (primary N) is 1. The molecule has 1 saturated carbocycles. The van der Waals surface area contributed by atoms with Crippen LogP contribution in [0.5, 0.6) is 0 Å². The lowest BCUT2D eigenvalue weighted by Gasteiger charge is -2.30. The summed E-state index contributed by atoms with van der Waals surface area (Å²) < 4.78 is 5.22. The average molecular weight is 264 g/mol. The first-order valence-electron chi connectivity index (χ1n) is 7.28. The number of hydrogen-bond acceptors (Lipinski definition) is 3. The van der Waals surface area contributed by atoms with Crippen LogP contribution in [0.2, 0.25) is 0 Å². The molecule has 0 spiro atoms. The maximum atomic E-state index is 11.8. The van der Waals surface area contributed by atoms with E-state index in [1.54, 1.807) is 6.26 Å². The van der Waals surface area contributed by atoms with Gasteiger partial charge in [-0.15, -0.1) is 0 Å². The van der Waals surface area contributed by atoms with Gasteiger partial charge in [-0.05, 0) is 43.4 Å². The van der Waals surface area contributed by atoms with E-state index in [0.29, 0.717) is 24.7 Å². The summed E-state index contributed by atoms with van der Waals surface area (Å²) >= 11 is 0. The summed E-state index contributed by atoms with van der Waals surface area (Å²) in [6, 6.07) is 3.75. The zero-order chi connectivity index (χ0) is 13.5. The van der Waals surface area contributed by atoms with Gasteiger partial charge in [-0.3, -0.25) is 4.79 Å². The Kier molecular flexibility index (Phi) is 5.45. The van der Waals surface area contributed by atoms with Crippen molar-refractivity contribution < 1.29 is 9.21 Å². The fraction of sp³-hybridized carbons (Fsp3) is 0.667. The smallest absolute Gasteiger partial charge is 0.220 e. The van der Waals surface area contributed by atoms with Crippen LogP contribution in [0.1, 0.15) is 37.9 Å². The molecule has 1 aromatic heterocycles. The molecule has 1 aliphatic carbocycles. The van der Waals surface area contributed by atoms with Crippen molar-refractivity contribution in [1.82, 2.24) is 5.32 Å². The highest BCUT2D eigenvalue weighted by molar-refractivity contribution is 5.76. The van der Waals surface area contributed by atoms with Crippen molar-refractivity contribution in [3.63, 3.8) is 0 Å². The van der Waals surface area contributed by atoms with Crippen LogP contribution in [0.4, 0.5) is 0 Å². The monoisotopic (exact) mass is 264 g/mol. The van der Waals surface area contributed by atoms with Crippen molar-refractivity contribution in [3.8, 4) is 0 Å². The molecular formula is C15H24N2O2. The second kappa shape index (κ2) is 7.34. The van der Waals surface area contributed by atoms with Crippen molar-refractivity contribution in [2.75, 3.05) is 13.1 Å². The first kappa shape index (κ1) is 14.1. The maximum Gasteiger partial charge on any atom is 0.220 e. The Morgan fingerprint density at radius 1 is 1.37 bits per heavy atom. The number of aryl methyl sites for hydroxylation is 1. The summed E-state index contributed by atoms with van der Waals surface area (Å²) in [5.74, 6) is 2.12. The summed E-state index contributed by atoms with van der Waals surface area (Å²) in [7, 11) is 0. The lowest BCUT2D eigenvalue weighted by Crippen LogP contribution is -2.37. The first-order chi connectivity index (χ1) is 9.29. The Labute approximate surface area is 114 Å². The molecule has 0 aromatic carbocycles. The molecular weight excluding hydrogens is 240 g/mol. The fourth-order valence-electron chi connectivity index (χ4n) is 2.89. The fourth-order valence-corrected chi connectivity index (χ4v) is 2.89. The average Bonchev–Trinajstić information content (AvgIpc) is 2.96. The molecule has 3 N–H and O–H groups in total. The summed E-state index contributed by atoms with van der Waals surface area (Å²) in [6.45, 7) is 1.52. The molecule has 2 atom stereocenters. The van der Waals surface area contributed by atoms with E-state index < -0.39 is 0 Å². The second-order valence-corrected chi connectivity index (χ2v) is 5.42. The Balaban J connectivity index is 1.67. The summed E-state index contributed by atoms with van der Waals surface area (Å²) in [5, 5.41) is 3.04. The zero-order valence-corrected chi connectivity index (χ0v) is 11.4. The third-order valence-corrected chi connectivity index (χ3v) is 4.11. The van der Waals surface area contributed by atoms with Crippen LogP contribution in [0.25, 0.3) is 0 Å². The van der Waals surface area contributed by atoms with Gasteiger partial charge in [0, 0.05) is 19.4 Å². The van der Waals surface area contributed by atoms with Gasteiger partial charge in [0.15, 0.2) is 0 Å². The van der Waals surface area contributed by atoms with Crippen molar-refractivity contribution in [1.29, 1.82) is 0 Å². The lowest BCUT2D eigenvalue weighted by molar-refractivity contribution is -0.121. The predicted octanol–water partition coefficient (Wildman–Crippen LogP) is 2.09. The molecule has 1 aliphatic rings. The number of carbonyl (C=O) groups excluding carboxylic acids is 1. The highest BCUT2D eigenvalue weighted by Crippen LogP contribution is 2.28. The molecule has 1 amide bonds. The van der Waals surface area contributed by atoms with Gasteiger partial charge in [0.25, 0.3) is 0 Å². The van der Waals surface area contributed by atoms with Gasteiger partial charge in [-0.1, -0.05) is 12.8 Å². The number of amides is 1. The molecule has 4 nitrogen and oxygen atoms in total. The lowest BCUT2D eigenvalue weighted by atomic mass is 9.79. The summed E-state index contributed by atoms with van der Waals surface area (Å²) in [4.78, 5) is 11.8. The normalized spacial score (nSPS) is 23.2. The van der Waals surface area contributed by atoms with Gasteiger partial charge < -0.3 is 15.5 Å². The van der Waals surface area contributed by atoms with Crippen molar-refractivity contribution in [2.45, 2.75) is 38.5 Å². The Morgan fingerprint density at radius 2 is 2.16 bits per heavy atom. The third kappa shape index (κ3) is 4.39. The van der Waals surface area contributed by atoms with Crippen LogP contribution in [-0.4, -0.2) is 19.0 Å². The predicted molar refractivity (Wildman–Crippen MR) is 74.5 cm³/mol. The van der Waals surface area contributed by atoms with Gasteiger partial charge in [-0.2, -0.15) is 0 Å². The number of hydrogen-bond donors (Lipinski definition) is 2. The van der Waals surface area contributed by atoms with Crippen LogP contribution in [-0.2, 0) is 11.2 Å². The molecule has 0 aliphatic heterocycles. The van der Waals surface area contributed by atoms with Gasteiger partial charge in [0.2, 0.25) is 5.91 Å². The largest absolute Gasteiger partial charge is 0.469 e. The second-order valence-electron chi connectivity index (χ2n) is 5.42. The van der Waals surface area contributed by atoms with Crippen LogP contribution in [0.3, 0.4) is 0 Å². The van der Waals surface area contributed by atoms with E-state index >= 15 is 0 Å². The number of rotatable bonds is 6. The van der Waals surface area contributed by atoms with Crippen molar-refractivity contribution >= 4 is 5.91 Å².